The average molecular weight is 576 g/mol. The number of methoxy groups -OCH3 is 1. The van der Waals surface area contributed by atoms with Gasteiger partial charge in [-0.3, -0.25) is 0 Å². The first kappa shape index (κ1) is 22.6. The van der Waals surface area contributed by atoms with Crippen molar-refractivity contribution in [1.29, 1.82) is 0 Å². The lowest BCUT2D eigenvalue weighted by Crippen LogP contribution is -2.16. The molecular formula is C23H20Br2N4O2S. The van der Waals surface area contributed by atoms with Crippen molar-refractivity contribution in [2.45, 2.75) is 13.2 Å². The van der Waals surface area contributed by atoms with Gasteiger partial charge in [0.1, 0.15) is 18.1 Å². The molecule has 1 aromatic heterocycles. The maximum atomic E-state index is 6.02. The van der Waals surface area contributed by atoms with Crippen molar-refractivity contribution < 1.29 is 9.47 Å². The normalized spacial score (nSPS) is 10.7. The third-order valence-corrected chi connectivity index (χ3v) is 6.20. The maximum absolute atomic E-state index is 6.02. The Hall–Kier alpha value is -2.62. The van der Waals surface area contributed by atoms with Crippen molar-refractivity contribution in [2.75, 3.05) is 12.5 Å². The fourth-order valence-corrected chi connectivity index (χ4v) is 4.91. The SMILES string of the molecule is COc1ccccc1-c1n[nH]c(=S)n1NCc1cc(Br)c(OCc2ccccc2)c(Br)c1. The Kier molecular flexibility index (Phi) is 7.29. The number of nitrogens with zero attached hydrogens (tertiary/aromatic N) is 2. The number of rotatable bonds is 8. The van der Waals surface area contributed by atoms with Crippen LogP contribution < -0.4 is 14.9 Å². The predicted molar refractivity (Wildman–Crippen MR) is 135 cm³/mol. The predicted octanol–water partition coefficient (Wildman–Crippen LogP) is 6.46. The van der Waals surface area contributed by atoms with Gasteiger partial charge >= 0.3 is 0 Å². The smallest absolute Gasteiger partial charge is 0.214 e. The van der Waals surface area contributed by atoms with Gasteiger partial charge in [0.15, 0.2) is 5.82 Å². The number of H-pyrrole nitrogens is 1. The van der Waals surface area contributed by atoms with Crippen LogP contribution in [0.1, 0.15) is 11.1 Å². The largest absolute Gasteiger partial charge is 0.496 e. The number of benzene rings is 3. The molecule has 0 amide bonds. The molecule has 0 aliphatic carbocycles. The lowest BCUT2D eigenvalue weighted by molar-refractivity contribution is 0.302. The van der Waals surface area contributed by atoms with Gasteiger partial charge in [0.2, 0.25) is 4.77 Å². The molecule has 164 valence electrons. The number of nitrogens with one attached hydrogen (secondary N) is 2. The summed E-state index contributed by atoms with van der Waals surface area (Å²) in [4.78, 5) is 0. The zero-order chi connectivity index (χ0) is 22.5. The van der Waals surface area contributed by atoms with Gasteiger partial charge in [-0.15, -0.1) is 0 Å². The van der Waals surface area contributed by atoms with Gasteiger partial charge in [0.05, 0.1) is 28.2 Å². The van der Waals surface area contributed by atoms with Crippen molar-refractivity contribution in [2.24, 2.45) is 0 Å². The highest BCUT2D eigenvalue weighted by Gasteiger charge is 2.14. The van der Waals surface area contributed by atoms with Crippen molar-refractivity contribution in [1.82, 2.24) is 14.9 Å². The highest BCUT2D eigenvalue weighted by atomic mass is 79.9. The fourth-order valence-electron chi connectivity index (χ4n) is 3.21. The first-order valence-electron chi connectivity index (χ1n) is 9.76. The Bertz CT molecular complexity index is 1250. The molecule has 1 heterocycles. The molecule has 4 aromatic rings. The van der Waals surface area contributed by atoms with Crippen LogP contribution in [0, 0.1) is 4.77 Å². The maximum Gasteiger partial charge on any atom is 0.214 e. The van der Waals surface area contributed by atoms with Gasteiger partial charge in [0.25, 0.3) is 0 Å². The van der Waals surface area contributed by atoms with Crippen molar-refractivity contribution >= 4 is 44.1 Å². The van der Waals surface area contributed by atoms with E-state index in [0.29, 0.717) is 23.7 Å². The minimum Gasteiger partial charge on any atom is -0.496 e. The molecule has 0 radical (unpaired) electrons. The minimum atomic E-state index is 0.465. The van der Waals surface area contributed by atoms with Crippen LogP contribution in [0.15, 0.2) is 75.7 Å². The molecular weight excluding hydrogens is 556 g/mol. The topological polar surface area (TPSA) is 64.1 Å². The molecule has 0 saturated heterocycles. The third kappa shape index (κ3) is 5.06. The summed E-state index contributed by atoms with van der Waals surface area (Å²) < 4.78 is 15.4. The standard InChI is InChI=1S/C23H20Br2N4O2S/c1-30-20-10-6-5-9-17(20)22-27-28-23(32)29(22)26-13-16-11-18(24)21(19(25)12-16)31-14-15-7-3-2-4-8-15/h2-12,26H,13-14H2,1H3,(H,28,32). The van der Waals surface area contributed by atoms with E-state index in [9.17, 15) is 0 Å². The second-order valence-electron chi connectivity index (χ2n) is 6.89. The van der Waals surface area contributed by atoms with Gasteiger partial charge in [-0.2, -0.15) is 5.10 Å². The number of para-hydroxylation sites is 1. The van der Waals surface area contributed by atoms with Crippen LogP contribution >= 0.6 is 44.1 Å². The molecule has 0 fully saturated rings. The van der Waals surface area contributed by atoms with E-state index in [1.807, 2.05) is 66.7 Å². The zero-order valence-electron chi connectivity index (χ0n) is 17.1. The van der Waals surface area contributed by atoms with Crippen molar-refractivity contribution in [3.05, 3.63) is 91.6 Å². The lowest BCUT2D eigenvalue weighted by atomic mass is 10.2. The number of aromatic amines is 1. The Morgan fingerprint density at radius 1 is 1.00 bits per heavy atom. The quantitative estimate of drug-likeness (QED) is 0.236. The number of aromatic nitrogens is 3. The molecule has 2 N–H and O–H groups in total. The Labute approximate surface area is 207 Å². The summed E-state index contributed by atoms with van der Waals surface area (Å²) in [6, 6.07) is 21.8. The van der Waals surface area contributed by atoms with E-state index in [1.165, 1.54) is 0 Å². The number of hydrogen-bond donors (Lipinski definition) is 2. The summed E-state index contributed by atoms with van der Waals surface area (Å²) in [5.74, 6) is 2.12. The van der Waals surface area contributed by atoms with Crippen LogP contribution in [-0.4, -0.2) is 22.0 Å². The van der Waals surface area contributed by atoms with E-state index in [1.54, 1.807) is 11.8 Å². The molecule has 32 heavy (non-hydrogen) atoms. The Morgan fingerprint density at radius 2 is 1.69 bits per heavy atom. The summed E-state index contributed by atoms with van der Waals surface area (Å²) in [7, 11) is 1.63. The summed E-state index contributed by atoms with van der Waals surface area (Å²) in [5, 5.41) is 7.22. The van der Waals surface area contributed by atoms with E-state index in [4.69, 9.17) is 21.7 Å². The molecule has 0 aliphatic heterocycles. The molecule has 6 nitrogen and oxygen atoms in total. The Balaban J connectivity index is 1.51. The van der Waals surface area contributed by atoms with Gasteiger partial charge in [-0.05, 0) is 79.5 Å². The molecule has 0 unspecified atom stereocenters. The van der Waals surface area contributed by atoms with E-state index in [0.717, 1.165) is 37.1 Å². The first-order chi connectivity index (χ1) is 15.6. The molecule has 0 bridgehead atoms. The van der Waals surface area contributed by atoms with Gasteiger partial charge in [-0.25, -0.2) is 9.77 Å². The van der Waals surface area contributed by atoms with Crippen LogP contribution in [0.3, 0.4) is 0 Å². The summed E-state index contributed by atoms with van der Waals surface area (Å²) in [6.45, 7) is 1.01. The highest BCUT2D eigenvalue weighted by Crippen LogP contribution is 2.35. The molecule has 4 rings (SSSR count). The molecule has 3 aromatic carbocycles. The van der Waals surface area contributed by atoms with Crippen LogP contribution in [0.4, 0.5) is 0 Å². The highest BCUT2D eigenvalue weighted by molar-refractivity contribution is 9.11. The number of hydrogen-bond acceptors (Lipinski definition) is 5. The second kappa shape index (κ2) is 10.3. The summed E-state index contributed by atoms with van der Waals surface area (Å²) >= 11 is 12.7. The zero-order valence-corrected chi connectivity index (χ0v) is 21.1. The van der Waals surface area contributed by atoms with Crippen LogP contribution in [0.25, 0.3) is 11.4 Å². The number of halogens is 2. The van der Waals surface area contributed by atoms with Crippen LogP contribution in [0.2, 0.25) is 0 Å². The van der Waals surface area contributed by atoms with Crippen LogP contribution in [-0.2, 0) is 13.2 Å². The molecule has 0 atom stereocenters. The molecule has 0 spiro atoms. The summed E-state index contributed by atoms with van der Waals surface area (Å²) in [5.41, 5.74) is 6.31. The van der Waals surface area contributed by atoms with Gasteiger partial charge in [0, 0.05) is 0 Å². The summed E-state index contributed by atoms with van der Waals surface area (Å²) in [6.07, 6.45) is 0. The average Bonchev–Trinajstić information content (AvgIpc) is 3.17. The van der Waals surface area contributed by atoms with E-state index < -0.39 is 0 Å². The molecule has 0 saturated carbocycles. The third-order valence-electron chi connectivity index (χ3n) is 4.75. The second-order valence-corrected chi connectivity index (χ2v) is 8.98. The lowest BCUT2D eigenvalue weighted by Gasteiger charge is -2.15. The van der Waals surface area contributed by atoms with Crippen molar-refractivity contribution in [3.8, 4) is 22.9 Å². The van der Waals surface area contributed by atoms with Crippen LogP contribution in [0.5, 0.6) is 11.5 Å². The van der Waals surface area contributed by atoms with Gasteiger partial charge in [-0.1, -0.05) is 42.5 Å². The fraction of sp³-hybridized carbons (Fsp3) is 0.130. The van der Waals surface area contributed by atoms with Gasteiger partial charge < -0.3 is 14.9 Å². The van der Waals surface area contributed by atoms with E-state index in [2.05, 4.69) is 47.5 Å². The Morgan fingerprint density at radius 3 is 2.41 bits per heavy atom. The number of ether oxygens (including phenoxy) is 2. The minimum absolute atomic E-state index is 0.465. The van der Waals surface area contributed by atoms with Crippen molar-refractivity contribution in [3.63, 3.8) is 0 Å². The van der Waals surface area contributed by atoms with E-state index in [-0.39, 0.29) is 0 Å². The molecule has 0 aliphatic rings. The monoisotopic (exact) mass is 574 g/mol. The first-order valence-corrected chi connectivity index (χ1v) is 11.8. The molecule has 9 heteroatoms. The van der Waals surface area contributed by atoms with E-state index >= 15 is 0 Å².